The molecule has 0 atom stereocenters. The van der Waals surface area contributed by atoms with Crippen LogP contribution in [0.25, 0.3) is 0 Å². The molecule has 0 bridgehead atoms. The van der Waals surface area contributed by atoms with E-state index in [4.69, 9.17) is 4.74 Å². The van der Waals surface area contributed by atoms with Crippen molar-refractivity contribution in [3.63, 3.8) is 0 Å². The van der Waals surface area contributed by atoms with Crippen LogP contribution in [0.15, 0.2) is 60.3 Å². The fourth-order valence-electron chi connectivity index (χ4n) is 2.66. The fourth-order valence-corrected chi connectivity index (χ4v) is 2.66. The lowest BCUT2D eigenvalue weighted by atomic mass is 10.2. The molecule has 0 spiro atoms. The molecule has 1 N–H and O–H groups in total. The van der Waals surface area contributed by atoms with Crippen LogP contribution in [0.1, 0.15) is 11.1 Å². The highest BCUT2D eigenvalue weighted by atomic mass is 16.5. The van der Waals surface area contributed by atoms with Crippen molar-refractivity contribution in [2.24, 2.45) is 0 Å². The number of nitrogens with zero attached hydrogens (tertiary/aromatic N) is 1. The first kappa shape index (κ1) is 15.3. The molecular weight excluding hydrogens is 288 g/mol. The average Bonchev–Trinajstić information content (AvgIpc) is 2.61. The van der Waals surface area contributed by atoms with Gasteiger partial charge in [-0.1, -0.05) is 42.5 Å². The number of carbonyl (C=O) groups excluding carboxylic acids is 1. The number of piperazine rings is 1. The molecule has 0 amide bonds. The maximum atomic E-state index is 10.8. The van der Waals surface area contributed by atoms with Crippen molar-refractivity contribution < 1.29 is 9.53 Å². The standard InChI is InChI=1S/C19H20N2O2/c22-14-18-13-21(10-9-20-18)12-17-7-4-8-19(11-17)23-15-16-5-2-1-3-6-16/h1-8,11,20H,9-10,12-13,15H2. The largest absolute Gasteiger partial charge is 0.489 e. The number of nitrogens with one attached hydrogen (secondary N) is 1. The Bertz CT molecular complexity index is 694. The van der Waals surface area contributed by atoms with Gasteiger partial charge in [0.1, 0.15) is 24.0 Å². The summed E-state index contributed by atoms with van der Waals surface area (Å²) in [6.07, 6.45) is 0. The molecular formula is C19H20N2O2. The molecule has 4 nitrogen and oxygen atoms in total. The molecule has 0 aromatic heterocycles. The molecule has 2 aromatic rings. The normalized spacial score (nSPS) is 14.9. The zero-order chi connectivity index (χ0) is 15.9. The summed E-state index contributed by atoms with van der Waals surface area (Å²) in [5, 5.41) is 3.06. The number of hydrogen-bond acceptors (Lipinski definition) is 4. The van der Waals surface area contributed by atoms with Gasteiger partial charge in [-0.15, -0.1) is 0 Å². The Hall–Kier alpha value is -2.55. The first-order valence-electron chi connectivity index (χ1n) is 7.79. The predicted octanol–water partition coefficient (Wildman–Crippen LogP) is 2.39. The first-order valence-corrected chi connectivity index (χ1v) is 7.79. The third-order valence-electron chi connectivity index (χ3n) is 3.82. The third kappa shape index (κ3) is 4.46. The van der Waals surface area contributed by atoms with Crippen LogP contribution in [-0.2, 0) is 17.9 Å². The van der Waals surface area contributed by atoms with Crippen LogP contribution >= 0.6 is 0 Å². The lowest BCUT2D eigenvalue weighted by molar-refractivity contribution is 0.258. The second-order valence-electron chi connectivity index (χ2n) is 5.64. The maximum absolute atomic E-state index is 10.8. The average molecular weight is 308 g/mol. The monoisotopic (exact) mass is 308 g/mol. The third-order valence-corrected chi connectivity index (χ3v) is 3.82. The molecule has 0 saturated carbocycles. The minimum Gasteiger partial charge on any atom is -0.489 e. The van der Waals surface area contributed by atoms with Gasteiger partial charge in [0.25, 0.3) is 0 Å². The van der Waals surface area contributed by atoms with E-state index in [1.165, 1.54) is 5.56 Å². The van der Waals surface area contributed by atoms with Crippen molar-refractivity contribution in [3.05, 3.63) is 71.4 Å². The summed E-state index contributed by atoms with van der Waals surface area (Å²) in [5.74, 6) is 2.83. The second-order valence-corrected chi connectivity index (χ2v) is 5.64. The molecule has 0 unspecified atom stereocenters. The Kier molecular flexibility index (Phi) is 5.09. The highest BCUT2D eigenvalue weighted by Crippen LogP contribution is 2.17. The van der Waals surface area contributed by atoms with E-state index in [1.54, 1.807) is 0 Å². The number of ether oxygens (including phenoxy) is 1. The van der Waals surface area contributed by atoms with Gasteiger partial charge in [0.05, 0.1) is 0 Å². The first-order chi connectivity index (χ1) is 11.3. The Labute approximate surface area is 136 Å². The van der Waals surface area contributed by atoms with Crippen LogP contribution < -0.4 is 10.1 Å². The van der Waals surface area contributed by atoms with E-state index in [0.29, 0.717) is 18.8 Å². The van der Waals surface area contributed by atoms with Crippen LogP contribution in [0.2, 0.25) is 0 Å². The van der Waals surface area contributed by atoms with Crippen LogP contribution in [0, 0.1) is 0 Å². The molecule has 1 fully saturated rings. The fraction of sp³-hybridized carbons (Fsp3) is 0.263. The van der Waals surface area contributed by atoms with Gasteiger partial charge in [0, 0.05) is 26.2 Å². The minimum absolute atomic E-state index is 0.565. The summed E-state index contributed by atoms with van der Waals surface area (Å²) in [6, 6.07) is 18.3. The SMILES string of the molecule is O=C=C1CN(Cc2cccc(OCc3ccccc3)c2)CCN1. The van der Waals surface area contributed by atoms with Gasteiger partial charge in [-0.2, -0.15) is 0 Å². The van der Waals surface area contributed by atoms with E-state index in [1.807, 2.05) is 36.3 Å². The molecule has 1 aliphatic heterocycles. The molecule has 3 rings (SSSR count). The lowest BCUT2D eigenvalue weighted by Gasteiger charge is -2.28. The van der Waals surface area contributed by atoms with Gasteiger partial charge in [-0.25, -0.2) is 4.79 Å². The summed E-state index contributed by atoms with van der Waals surface area (Å²) < 4.78 is 5.87. The second kappa shape index (κ2) is 7.63. The van der Waals surface area contributed by atoms with Crippen LogP contribution in [0.4, 0.5) is 0 Å². The zero-order valence-electron chi connectivity index (χ0n) is 13.0. The summed E-state index contributed by atoms with van der Waals surface area (Å²) >= 11 is 0. The van der Waals surface area contributed by atoms with Gasteiger partial charge < -0.3 is 10.1 Å². The highest BCUT2D eigenvalue weighted by molar-refractivity contribution is 5.52. The van der Waals surface area contributed by atoms with E-state index in [9.17, 15) is 4.79 Å². The van der Waals surface area contributed by atoms with Crippen molar-refractivity contribution >= 4 is 5.94 Å². The Morgan fingerprint density at radius 1 is 1.09 bits per heavy atom. The van der Waals surface area contributed by atoms with Gasteiger partial charge >= 0.3 is 0 Å². The van der Waals surface area contributed by atoms with E-state index >= 15 is 0 Å². The molecule has 1 heterocycles. The zero-order valence-corrected chi connectivity index (χ0v) is 13.0. The topological polar surface area (TPSA) is 41.6 Å². The number of rotatable bonds is 5. The Morgan fingerprint density at radius 2 is 1.91 bits per heavy atom. The van der Waals surface area contributed by atoms with Gasteiger partial charge in [0.15, 0.2) is 0 Å². The summed E-state index contributed by atoms with van der Waals surface area (Å²) in [4.78, 5) is 13.0. The quantitative estimate of drug-likeness (QED) is 0.861. The van der Waals surface area contributed by atoms with Gasteiger partial charge in [-0.3, -0.25) is 4.90 Å². The summed E-state index contributed by atoms with van der Waals surface area (Å²) in [5.41, 5.74) is 2.97. The molecule has 2 aromatic carbocycles. The van der Waals surface area contributed by atoms with Gasteiger partial charge in [-0.05, 0) is 23.3 Å². The van der Waals surface area contributed by atoms with Gasteiger partial charge in [0.2, 0.25) is 0 Å². The highest BCUT2D eigenvalue weighted by Gasteiger charge is 2.14. The van der Waals surface area contributed by atoms with E-state index in [2.05, 4.69) is 34.5 Å². The molecule has 118 valence electrons. The Balaban J connectivity index is 1.60. The van der Waals surface area contributed by atoms with E-state index < -0.39 is 0 Å². The van der Waals surface area contributed by atoms with E-state index in [-0.39, 0.29) is 0 Å². The number of benzene rings is 2. The molecule has 1 aliphatic rings. The maximum Gasteiger partial charge on any atom is 0.146 e. The van der Waals surface area contributed by atoms with Crippen LogP contribution in [0.5, 0.6) is 5.75 Å². The van der Waals surface area contributed by atoms with Crippen molar-refractivity contribution in [2.45, 2.75) is 13.2 Å². The molecule has 23 heavy (non-hydrogen) atoms. The Morgan fingerprint density at radius 3 is 2.74 bits per heavy atom. The molecule has 1 saturated heterocycles. The molecule has 0 radical (unpaired) electrons. The van der Waals surface area contributed by atoms with Crippen LogP contribution in [0.3, 0.4) is 0 Å². The smallest absolute Gasteiger partial charge is 0.146 e. The molecule has 4 heteroatoms. The van der Waals surface area contributed by atoms with Crippen molar-refractivity contribution in [3.8, 4) is 5.75 Å². The van der Waals surface area contributed by atoms with Crippen molar-refractivity contribution in [1.82, 2.24) is 10.2 Å². The molecule has 0 aliphatic carbocycles. The number of hydrogen-bond donors (Lipinski definition) is 1. The summed E-state index contributed by atoms with van der Waals surface area (Å²) in [6.45, 7) is 3.69. The predicted molar refractivity (Wildman–Crippen MR) is 89.7 cm³/mol. The van der Waals surface area contributed by atoms with Crippen LogP contribution in [-0.4, -0.2) is 30.5 Å². The minimum atomic E-state index is 0.565. The lowest BCUT2D eigenvalue weighted by Crippen LogP contribution is -2.41. The van der Waals surface area contributed by atoms with Crippen molar-refractivity contribution in [2.75, 3.05) is 19.6 Å². The summed E-state index contributed by atoms with van der Waals surface area (Å²) in [7, 11) is 0. The van der Waals surface area contributed by atoms with Crippen molar-refractivity contribution in [1.29, 1.82) is 0 Å². The van der Waals surface area contributed by atoms with E-state index in [0.717, 1.165) is 30.9 Å².